The summed E-state index contributed by atoms with van der Waals surface area (Å²) in [5, 5.41) is 7.88. The van der Waals surface area contributed by atoms with Gasteiger partial charge in [0.15, 0.2) is 5.78 Å². The van der Waals surface area contributed by atoms with Crippen LogP contribution in [0.3, 0.4) is 0 Å². The van der Waals surface area contributed by atoms with Gasteiger partial charge in [0, 0.05) is 11.1 Å². The van der Waals surface area contributed by atoms with E-state index in [0.717, 1.165) is 11.1 Å². The molecular weight excluding hydrogens is 339 g/mol. The van der Waals surface area contributed by atoms with Gasteiger partial charge in [-0.1, -0.05) is 29.5 Å². The molecule has 0 aliphatic heterocycles. The molecule has 0 saturated heterocycles. The molecule has 0 bridgehead atoms. The van der Waals surface area contributed by atoms with Crippen LogP contribution >= 0.6 is 11.8 Å². The van der Waals surface area contributed by atoms with Gasteiger partial charge in [-0.25, -0.2) is 4.39 Å². The molecule has 3 aromatic rings. The summed E-state index contributed by atoms with van der Waals surface area (Å²) in [7, 11) is 0. The van der Waals surface area contributed by atoms with E-state index in [1.807, 2.05) is 39.0 Å². The van der Waals surface area contributed by atoms with E-state index >= 15 is 0 Å². The summed E-state index contributed by atoms with van der Waals surface area (Å²) in [6.07, 6.45) is 0. The van der Waals surface area contributed by atoms with Crippen molar-refractivity contribution >= 4 is 17.5 Å². The number of carbonyl (C=O) groups is 1. The highest BCUT2D eigenvalue weighted by Crippen LogP contribution is 2.28. The van der Waals surface area contributed by atoms with Gasteiger partial charge in [-0.05, 0) is 56.7 Å². The van der Waals surface area contributed by atoms with Gasteiger partial charge >= 0.3 is 0 Å². The summed E-state index contributed by atoms with van der Waals surface area (Å²) >= 11 is 1.22. The van der Waals surface area contributed by atoms with Crippen LogP contribution < -0.4 is 0 Å². The number of ketones is 1. The lowest BCUT2D eigenvalue weighted by atomic mass is 10.0. The van der Waals surface area contributed by atoms with Gasteiger partial charge in [-0.3, -0.25) is 4.79 Å². The van der Waals surface area contributed by atoms with Gasteiger partial charge in [0.25, 0.3) is 5.22 Å². The van der Waals surface area contributed by atoms with Crippen molar-refractivity contribution in [3.05, 3.63) is 65.0 Å². The third-order valence-corrected chi connectivity index (χ3v) is 4.74. The SMILES string of the molecule is Cc1ccc(C)c(C(=O)C(C)Sc2nnc(-c3ccc(F)cc3)o2)c1. The van der Waals surface area contributed by atoms with Crippen molar-refractivity contribution in [3.63, 3.8) is 0 Å². The van der Waals surface area contributed by atoms with Crippen molar-refractivity contribution in [1.29, 1.82) is 0 Å². The molecule has 6 heteroatoms. The lowest BCUT2D eigenvalue weighted by Gasteiger charge is -2.10. The molecule has 0 spiro atoms. The maximum Gasteiger partial charge on any atom is 0.277 e. The number of hydrogen-bond acceptors (Lipinski definition) is 5. The Kier molecular flexibility index (Phi) is 4.99. The molecule has 0 saturated carbocycles. The second-order valence-corrected chi connectivity index (χ2v) is 7.11. The highest BCUT2D eigenvalue weighted by Gasteiger charge is 2.21. The maximum atomic E-state index is 13.0. The van der Waals surface area contributed by atoms with Crippen LogP contribution in [0.4, 0.5) is 4.39 Å². The standard InChI is InChI=1S/C19H17FN2O2S/c1-11-4-5-12(2)16(10-11)17(23)13(3)25-19-22-21-18(24-19)14-6-8-15(20)9-7-14/h4-10,13H,1-3H3. The van der Waals surface area contributed by atoms with Crippen LogP contribution in [0.2, 0.25) is 0 Å². The normalized spacial score (nSPS) is 12.2. The quantitative estimate of drug-likeness (QED) is 0.483. The summed E-state index contributed by atoms with van der Waals surface area (Å²) in [6.45, 7) is 5.70. The molecule has 1 aromatic heterocycles. The number of carbonyl (C=O) groups excluding carboxylic acids is 1. The van der Waals surface area contributed by atoms with Gasteiger partial charge in [0.05, 0.1) is 5.25 Å². The van der Waals surface area contributed by atoms with Gasteiger partial charge in [0.1, 0.15) is 5.82 Å². The van der Waals surface area contributed by atoms with Crippen LogP contribution in [-0.2, 0) is 0 Å². The van der Waals surface area contributed by atoms with Crippen LogP contribution in [0, 0.1) is 19.7 Å². The molecule has 0 aliphatic rings. The van der Waals surface area contributed by atoms with Crippen LogP contribution in [0.15, 0.2) is 52.1 Å². The minimum Gasteiger partial charge on any atom is -0.411 e. The van der Waals surface area contributed by atoms with Crippen molar-refractivity contribution in [2.75, 3.05) is 0 Å². The molecule has 0 radical (unpaired) electrons. The predicted molar refractivity (Wildman–Crippen MR) is 95.3 cm³/mol. The van der Waals surface area contributed by atoms with Gasteiger partial charge < -0.3 is 4.42 Å². The average molecular weight is 356 g/mol. The van der Waals surface area contributed by atoms with Crippen LogP contribution in [0.5, 0.6) is 0 Å². The average Bonchev–Trinajstić information content (AvgIpc) is 3.05. The number of thioether (sulfide) groups is 1. The molecule has 25 heavy (non-hydrogen) atoms. The fourth-order valence-corrected chi connectivity index (χ4v) is 3.14. The fraction of sp³-hybridized carbons (Fsp3) is 0.211. The minimum atomic E-state index is -0.359. The third kappa shape index (κ3) is 3.96. The molecule has 0 amide bonds. The first-order chi connectivity index (χ1) is 11.9. The number of nitrogens with zero attached hydrogens (tertiary/aromatic N) is 2. The van der Waals surface area contributed by atoms with E-state index in [0.29, 0.717) is 22.2 Å². The number of hydrogen-bond donors (Lipinski definition) is 0. The van der Waals surface area contributed by atoms with Crippen molar-refractivity contribution < 1.29 is 13.6 Å². The second-order valence-electron chi connectivity index (χ2n) is 5.82. The molecule has 1 unspecified atom stereocenters. The minimum absolute atomic E-state index is 0.0210. The van der Waals surface area contributed by atoms with Gasteiger partial charge in [-0.2, -0.15) is 0 Å². The monoisotopic (exact) mass is 356 g/mol. The van der Waals surface area contributed by atoms with E-state index in [9.17, 15) is 9.18 Å². The lowest BCUT2D eigenvalue weighted by Crippen LogP contribution is -2.15. The summed E-state index contributed by atoms with van der Waals surface area (Å²) in [6, 6.07) is 11.6. The number of aromatic nitrogens is 2. The first-order valence-corrected chi connectivity index (χ1v) is 8.69. The van der Waals surface area contributed by atoms with E-state index in [1.165, 1.54) is 23.9 Å². The van der Waals surface area contributed by atoms with Crippen molar-refractivity contribution in [3.8, 4) is 11.5 Å². The van der Waals surface area contributed by atoms with E-state index in [1.54, 1.807) is 12.1 Å². The molecule has 0 fully saturated rings. The zero-order valence-electron chi connectivity index (χ0n) is 14.1. The van der Waals surface area contributed by atoms with Gasteiger partial charge in [-0.15, -0.1) is 10.2 Å². The highest BCUT2D eigenvalue weighted by molar-refractivity contribution is 8.00. The predicted octanol–water partition coefficient (Wildman–Crippen LogP) is 4.86. The summed E-state index contributed by atoms with van der Waals surface area (Å²) < 4.78 is 18.6. The van der Waals surface area contributed by atoms with Gasteiger partial charge in [0.2, 0.25) is 5.89 Å². The Morgan fingerprint density at radius 2 is 1.84 bits per heavy atom. The van der Waals surface area contributed by atoms with Crippen LogP contribution in [0.1, 0.15) is 28.4 Å². The topological polar surface area (TPSA) is 56.0 Å². The molecule has 3 rings (SSSR count). The van der Waals surface area contributed by atoms with Crippen LogP contribution in [-0.4, -0.2) is 21.2 Å². The molecule has 0 aliphatic carbocycles. The summed E-state index contributed by atoms with van der Waals surface area (Å²) in [4.78, 5) is 12.7. The van der Waals surface area contributed by atoms with E-state index in [-0.39, 0.29) is 16.9 Å². The van der Waals surface area contributed by atoms with E-state index in [2.05, 4.69) is 10.2 Å². The summed E-state index contributed by atoms with van der Waals surface area (Å²) in [5.41, 5.74) is 3.33. The largest absolute Gasteiger partial charge is 0.411 e. The second kappa shape index (κ2) is 7.19. The Bertz CT molecular complexity index is 906. The number of benzene rings is 2. The zero-order valence-corrected chi connectivity index (χ0v) is 14.9. The third-order valence-electron chi connectivity index (χ3n) is 3.80. The van der Waals surface area contributed by atoms with Crippen molar-refractivity contribution in [2.24, 2.45) is 0 Å². The Hall–Kier alpha value is -2.47. The first-order valence-electron chi connectivity index (χ1n) is 7.81. The molecule has 4 nitrogen and oxygen atoms in total. The van der Waals surface area contributed by atoms with E-state index < -0.39 is 0 Å². The molecule has 0 N–H and O–H groups in total. The van der Waals surface area contributed by atoms with Crippen LogP contribution in [0.25, 0.3) is 11.5 Å². The number of halogens is 1. The lowest BCUT2D eigenvalue weighted by molar-refractivity contribution is 0.0993. The van der Waals surface area contributed by atoms with E-state index in [4.69, 9.17) is 4.42 Å². The maximum absolute atomic E-state index is 13.0. The Morgan fingerprint density at radius 1 is 1.12 bits per heavy atom. The fourth-order valence-electron chi connectivity index (χ4n) is 2.39. The first kappa shape index (κ1) is 17.4. The molecule has 128 valence electrons. The number of rotatable bonds is 5. The Labute approximate surface area is 149 Å². The Balaban J connectivity index is 1.75. The van der Waals surface area contributed by atoms with Crippen molar-refractivity contribution in [2.45, 2.75) is 31.2 Å². The number of Topliss-reactive ketones (excluding diaryl/α,β-unsaturated/α-hetero) is 1. The zero-order chi connectivity index (χ0) is 18.0. The highest BCUT2D eigenvalue weighted by atomic mass is 32.2. The van der Waals surface area contributed by atoms with Crippen molar-refractivity contribution in [1.82, 2.24) is 10.2 Å². The molecule has 2 aromatic carbocycles. The smallest absolute Gasteiger partial charge is 0.277 e. The molecular formula is C19H17FN2O2S. The summed E-state index contributed by atoms with van der Waals surface area (Å²) in [5.74, 6) is -0.00720. The Morgan fingerprint density at radius 3 is 2.56 bits per heavy atom. The molecule has 1 atom stereocenters. The molecule has 1 heterocycles. The number of aryl methyl sites for hydroxylation is 2.